The second-order valence-corrected chi connectivity index (χ2v) is 4.93. The lowest BCUT2D eigenvalue weighted by Gasteiger charge is -2.10. The van der Waals surface area contributed by atoms with E-state index < -0.39 is 0 Å². The van der Waals surface area contributed by atoms with Gasteiger partial charge in [-0.15, -0.1) is 0 Å². The number of nitrogens with one attached hydrogen (secondary N) is 3. The predicted octanol–water partition coefficient (Wildman–Crippen LogP) is 1.70. The van der Waals surface area contributed by atoms with Crippen LogP contribution in [-0.2, 0) is 17.9 Å². The molecule has 22 heavy (non-hydrogen) atoms. The summed E-state index contributed by atoms with van der Waals surface area (Å²) in [6.45, 7) is 0.860. The molecule has 2 aromatic rings. The van der Waals surface area contributed by atoms with Crippen LogP contribution in [0.4, 0.5) is 4.39 Å². The molecule has 0 atom stereocenters. The van der Waals surface area contributed by atoms with Gasteiger partial charge in [0.25, 0.3) is 0 Å². The second kappa shape index (κ2) is 8.14. The van der Waals surface area contributed by atoms with E-state index in [-0.39, 0.29) is 18.3 Å². The van der Waals surface area contributed by atoms with Gasteiger partial charge in [0.05, 0.1) is 19.4 Å². The van der Waals surface area contributed by atoms with E-state index in [2.05, 4.69) is 16.0 Å². The number of benzene rings is 1. The zero-order valence-corrected chi connectivity index (χ0v) is 12.6. The zero-order valence-electron chi connectivity index (χ0n) is 11.8. The number of carbonyl (C=O) groups is 1. The Bertz CT molecular complexity index is 614. The second-order valence-electron chi connectivity index (χ2n) is 4.52. The summed E-state index contributed by atoms with van der Waals surface area (Å²) in [5.41, 5.74) is 0.896. The van der Waals surface area contributed by atoms with Crippen LogP contribution in [0.15, 0.2) is 47.1 Å². The van der Waals surface area contributed by atoms with Crippen molar-refractivity contribution < 1.29 is 13.6 Å². The molecule has 0 spiro atoms. The van der Waals surface area contributed by atoms with E-state index in [1.165, 1.54) is 12.1 Å². The maximum Gasteiger partial charge on any atom is 0.239 e. The molecular weight excluding hydrogens is 305 g/mol. The minimum absolute atomic E-state index is 0.0654. The molecule has 1 aromatic heterocycles. The Morgan fingerprint density at radius 1 is 1.09 bits per heavy atom. The topological polar surface area (TPSA) is 66.3 Å². The zero-order chi connectivity index (χ0) is 15.8. The SMILES string of the molecule is O=C(CNC(=S)NCc1ccc(F)cc1)NCc1ccco1. The molecule has 3 N–H and O–H groups in total. The van der Waals surface area contributed by atoms with Crippen LogP contribution in [0.5, 0.6) is 0 Å². The minimum atomic E-state index is -0.280. The summed E-state index contributed by atoms with van der Waals surface area (Å²) in [6, 6.07) is 9.64. The lowest BCUT2D eigenvalue weighted by Crippen LogP contribution is -2.41. The molecule has 0 saturated carbocycles. The normalized spacial score (nSPS) is 10.0. The molecule has 0 aliphatic rings. The molecule has 0 fully saturated rings. The first-order valence-corrected chi connectivity index (χ1v) is 7.09. The van der Waals surface area contributed by atoms with Crippen LogP contribution in [0.25, 0.3) is 0 Å². The highest BCUT2D eigenvalue weighted by atomic mass is 32.1. The first-order valence-electron chi connectivity index (χ1n) is 6.69. The fourth-order valence-corrected chi connectivity index (χ4v) is 1.81. The summed E-state index contributed by atoms with van der Waals surface area (Å²) < 4.78 is 17.9. The molecule has 0 bridgehead atoms. The Morgan fingerprint density at radius 2 is 1.86 bits per heavy atom. The van der Waals surface area contributed by atoms with Crippen LogP contribution < -0.4 is 16.0 Å². The average molecular weight is 321 g/mol. The molecule has 0 unspecified atom stereocenters. The summed E-state index contributed by atoms with van der Waals surface area (Å²) in [5, 5.41) is 8.80. The van der Waals surface area contributed by atoms with E-state index in [0.717, 1.165) is 5.56 Å². The third-order valence-electron chi connectivity index (χ3n) is 2.82. The van der Waals surface area contributed by atoms with Gasteiger partial charge in [0.15, 0.2) is 5.11 Å². The molecule has 1 heterocycles. The van der Waals surface area contributed by atoms with E-state index in [4.69, 9.17) is 16.6 Å². The van der Waals surface area contributed by atoms with Crippen LogP contribution in [-0.4, -0.2) is 17.6 Å². The van der Waals surface area contributed by atoms with Crippen LogP contribution in [0, 0.1) is 5.82 Å². The maximum absolute atomic E-state index is 12.8. The molecule has 5 nitrogen and oxygen atoms in total. The average Bonchev–Trinajstić information content (AvgIpc) is 3.04. The van der Waals surface area contributed by atoms with E-state index in [0.29, 0.717) is 24.0 Å². The largest absolute Gasteiger partial charge is 0.467 e. The van der Waals surface area contributed by atoms with Crippen molar-refractivity contribution in [2.45, 2.75) is 13.1 Å². The Morgan fingerprint density at radius 3 is 2.55 bits per heavy atom. The lowest BCUT2D eigenvalue weighted by atomic mass is 10.2. The van der Waals surface area contributed by atoms with Crippen LogP contribution in [0.3, 0.4) is 0 Å². The quantitative estimate of drug-likeness (QED) is 0.707. The van der Waals surface area contributed by atoms with Gasteiger partial charge in [-0.05, 0) is 42.0 Å². The highest BCUT2D eigenvalue weighted by Crippen LogP contribution is 2.01. The molecule has 0 aliphatic carbocycles. The molecule has 7 heteroatoms. The van der Waals surface area contributed by atoms with E-state index >= 15 is 0 Å². The minimum Gasteiger partial charge on any atom is -0.467 e. The number of halogens is 1. The van der Waals surface area contributed by atoms with Gasteiger partial charge < -0.3 is 20.4 Å². The van der Waals surface area contributed by atoms with Crippen molar-refractivity contribution in [2.24, 2.45) is 0 Å². The maximum atomic E-state index is 12.8. The van der Waals surface area contributed by atoms with E-state index in [1.54, 1.807) is 30.5 Å². The van der Waals surface area contributed by atoms with Crippen LogP contribution in [0.2, 0.25) is 0 Å². The molecule has 116 valence electrons. The van der Waals surface area contributed by atoms with Crippen molar-refractivity contribution in [2.75, 3.05) is 6.54 Å². The van der Waals surface area contributed by atoms with Crippen molar-refractivity contribution >= 4 is 23.2 Å². The fraction of sp³-hybridized carbons (Fsp3) is 0.200. The summed E-state index contributed by atoms with van der Waals surface area (Å²) in [4.78, 5) is 11.6. The summed E-state index contributed by atoms with van der Waals surface area (Å²) in [5.74, 6) is 0.213. The number of hydrogen-bond donors (Lipinski definition) is 3. The standard InChI is InChI=1S/C15H16FN3O2S/c16-12-5-3-11(4-6-12)8-18-15(22)19-10-14(20)17-9-13-2-1-7-21-13/h1-7H,8-10H2,(H,17,20)(H2,18,19,22). The highest BCUT2D eigenvalue weighted by molar-refractivity contribution is 7.80. The van der Waals surface area contributed by atoms with Crippen molar-refractivity contribution in [1.82, 2.24) is 16.0 Å². The smallest absolute Gasteiger partial charge is 0.239 e. The van der Waals surface area contributed by atoms with Gasteiger partial charge in [-0.1, -0.05) is 12.1 Å². The summed E-state index contributed by atoms with van der Waals surface area (Å²) in [7, 11) is 0. The number of carbonyl (C=O) groups excluding carboxylic acids is 1. The van der Waals surface area contributed by atoms with Crippen molar-refractivity contribution in [3.05, 3.63) is 59.8 Å². The van der Waals surface area contributed by atoms with Gasteiger partial charge in [-0.2, -0.15) is 0 Å². The van der Waals surface area contributed by atoms with Crippen LogP contribution in [0.1, 0.15) is 11.3 Å². The first-order chi connectivity index (χ1) is 10.6. The van der Waals surface area contributed by atoms with Gasteiger partial charge in [-0.3, -0.25) is 4.79 Å². The van der Waals surface area contributed by atoms with E-state index in [9.17, 15) is 9.18 Å². The lowest BCUT2D eigenvalue weighted by molar-refractivity contribution is -0.120. The number of amides is 1. The van der Waals surface area contributed by atoms with Gasteiger partial charge in [0, 0.05) is 6.54 Å². The van der Waals surface area contributed by atoms with Crippen molar-refractivity contribution in [1.29, 1.82) is 0 Å². The molecule has 0 radical (unpaired) electrons. The monoisotopic (exact) mass is 321 g/mol. The number of hydrogen-bond acceptors (Lipinski definition) is 3. The Labute approximate surface area is 132 Å². The molecular formula is C15H16FN3O2S. The third kappa shape index (κ3) is 5.53. The summed E-state index contributed by atoms with van der Waals surface area (Å²) >= 11 is 5.07. The van der Waals surface area contributed by atoms with Gasteiger partial charge >= 0.3 is 0 Å². The molecule has 1 amide bonds. The first kappa shape index (κ1) is 16.0. The third-order valence-corrected chi connectivity index (χ3v) is 3.10. The summed E-state index contributed by atoms with van der Waals surface area (Å²) in [6.07, 6.45) is 1.55. The Kier molecular flexibility index (Phi) is 5.91. The van der Waals surface area contributed by atoms with E-state index in [1.807, 2.05) is 0 Å². The number of rotatable bonds is 6. The molecule has 0 saturated heterocycles. The Balaban J connectivity index is 1.62. The molecule has 0 aliphatic heterocycles. The highest BCUT2D eigenvalue weighted by Gasteiger charge is 2.04. The molecule has 1 aromatic carbocycles. The fourth-order valence-electron chi connectivity index (χ4n) is 1.67. The Hall–Kier alpha value is -2.41. The molecule has 2 rings (SSSR count). The van der Waals surface area contributed by atoms with Gasteiger partial charge in [-0.25, -0.2) is 4.39 Å². The van der Waals surface area contributed by atoms with Crippen LogP contribution >= 0.6 is 12.2 Å². The predicted molar refractivity (Wildman–Crippen MR) is 84.4 cm³/mol. The van der Waals surface area contributed by atoms with Crippen molar-refractivity contribution in [3.63, 3.8) is 0 Å². The van der Waals surface area contributed by atoms with Crippen molar-refractivity contribution in [3.8, 4) is 0 Å². The van der Waals surface area contributed by atoms with Gasteiger partial charge in [0.2, 0.25) is 5.91 Å². The van der Waals surface area contributed by atoms with Gasteiger partial charge in [0.1, 0.15) is 11.6 Å². The number of furan rings is 1. The number of thiocarbonyl (C=S) groups is 1.